The summed E-state index contributed by atoms with van der Waals surface area (Å²) >= 11 is 0. The Labute approximate surface area is 143 Å². The number of anilines is 1. The van der Waals surface area contributed by atoms with Crippen molar-refractivity contribution in [1.29, 1.82) is 0 Å². The van der Waals surface area contributed by atoms with E-state index >= 15 is 0 Å². The number of aliphatic hydroxyl groups is 1. The van der Waals surface area contributed by atoms with Gasteiger partial charge in [-0.25, -0.2) is 4.79 Å². The van der Waals surface area contributed by atoms with Crippen molar-refractivity contribution in [3.63, 3.8) is 0 Å². The Morgan fingerprint density at radius 1 is 1.29 bits per heavy atom. The van der Waals surface area contributed by atoms with E-state index in [0.717, 1.165) is 12.0 Å². The summed E-state index contributed by atoms with van der Waals surface area (Å²) in [7, 11) is -1.10. The molecule has 1 aliphatic rings. The third-order valence-corrected chi connectivity index (χ3v) is 5.18. The minimum absolute atomic E-state index is 0.122. The third kappa shape index (κ3) is 3.34. The quantitative estimate of drug-likeness (QED) is 0.899. The molecule has 3 rings (SSSR count). The highest BCUT2D eigenvalue weighted by Crippen LogP contribution is 2.29. The van der Waals surface area contributed by atoms with Crippen LogP contribution in [0, 0.1) is 0 Å². The summed E-state index contributed by atoms with van der Waals surface area (Å²) in [5.74, 6) is 0. The molecular weight excluding hydrogens is 324 g/mol. The molecule has 0 saturated heterocycles. The molecule has 0 aliphatic carbocycles. The van der Waals surface area contributed by atoms with Gasteiger partial charge in [-0.2, -0.15) is 0 Å². The highest BCUT2D eigenvalue weighted by Gasteiger charge is 2.30. The van der Waals surface area contributed by atoms with E-state index in [-0.39, 0.29) is 18.7 Å². The number of aliphatic hydroxyl groups excluding tert-OH is 1. The molecule has 0 fully saturated rings. The van der Waals surface area contributed by atoms with E-state index in [4.69, 9.17) is 0 Å². The number of nitrogens with one attached hydrogen (secondary N) is 1. The molecule has 24 heavy (non-hydrogen) atoms. The lowest BCUT2D eigenvalue weighted by molar-refractivity contribution is 0.135. The molecule has 2 aromatic rings. The summed E-state index contributed by atoms with van der Waals surface area (Å²) in [4.78, 5) is 15.0. The molecule has 1 heterocycles. The molecule has 0 aromatic heterocycles. The Balaban J connectivity index is 1.80. The Kier molecular flexibility index (Phi) is 4.97. The molecular formula is C18H20N2O3S. The predicted molar refractivity (Wildman–Crippen MR) is 94.5 cm³/mol. The Hall–Kier alpha value is -2.18. The summed E-state index contributed by atoms with van der Waals surface area (Å²) in [6.07, 6.45) is 2.36. The van der Waals surface area contributed by atoms with Gasteiger partial charge in [-0.1, -0.05) is 30.3 Å². The number of carbonyl (C=O) groups is 1. The van der Waals surface area contributed by atoms with E-state index < -0.39 is 10.8 Å². The molecule has 0 saturated carbocycles. The first kappa shape index (κ1) is 16.7. The number of amides is 2. The second-order valence-corrected chi connectivity index (χ2v) is 7.13. The molecule has 2 atom stereocenters. The van der Waals surface area contributed by atoms with Crippen LogP contribution in [0.5, 0.6) is 0 Å². The lowest BCUT2D eigenvalue weighted by Gasteiger charge is -2.36. The lowest BCUT2D eigenvalue weighted by atomic mass is 9.93. The normalized spacial score (nSPS) is 17.9. The summed E-state index contributed by atoms with van der Waals surface area (Å²) < 4.78 is 11.6. The first-order valence-corrected chi connectivity index (χ1v) is 9.35. The summed E-state index contributed by atoms with van der Waals surface area (Å²) in [5.41, 5.74) is 2.76. The van der Waals surface area contributed by atoms with Gasteiger partial charge in [0.1, 0.15) is 0 Å². The van der Waals surface area contributed by atoms with Crippen LogP contribution in [0.25, 0.3) is 0 Å². The summed E-state index contributed by atoms with van der Waals surface area (Å²) in [6.45, 7) is 0.428. The molecule has 2 amide bonds. The van der Waals surface area contributed by atoms with Crippen LogP contribution in [-0.2, 0) is 17.2 Å². The highest BCUT2D eigenvalue weighted by atomic mass is 32.2. The SMILES string of the molecule is C[S@@](=O)c1cccc(NC(=O)N2CCc3ccccc3[C@H]2CO)c1. The van der Waals surface area contributed by atoms with Crippen molar-refractivity contribution in [2.45, 2.75) is 17.4 Å². The topological polar surface area (TPSA) is 69.6 Å². The van der Waals surface area contributed by atoms with Crippen LogP contribution in [0.4, 0.5) is 10.5 Å². The molecule has 0 spiro atoms. The van der Waals surface area contributed by atoms with Crippen LogP contribution in [-0.4, -0.2) is 39.7 Å². The highest BCUT2D eigenvalue weighted by molar-refractivity contribution is 7.84. The first-order chi connectivity index (χ1) is 11.6. The van der Waals surface area contributed by atoms with Crippen LogP contribution < -0.4 is 5.32 Å². The second-order valence-electron chi connectivity index (χ2n) is 5.75. The van der Waals surface area contributed by atoms with Crippen molar-refractivity contribution in [2.75, 3.05) is 24.7 Å². The van der Waals surface area contributed by atoms with Crippen LogP contribution in [0.3, 0.4) is 0 Å². The molecule has 0 unspecified atom stereocenters. The molecule has 2 N–H and O–H groups in total. The second kappa shape index (κ2) is 7.15. The first-order valence-electron chi connectivity index (χ1n) is 7.80. The number of benzene rings is 2. The van der Waals surface area contributed by atoms with Crippen molar-refractivity contribution in [1.82, 2.24) is 4.90 Å². The van der Waals surface area contributed by atoms with Crippen molar-refractivity contribution < 1.29 is 14.1 Å². The van der Waals surface area contributed by atoms with Gasteiger partial charge in [0.05, 0.1) is 12.6 Å². The Morgan fingerprint density at radius 3 is 2.83 bits per heavy atom. The minimum Gasteiger partial charge on any atom is -0.394 e. The zero-order valence-corrected chi connectivity index (χ0v) is 14.3. The number of carbonyl (C=O) groups excluding carboxylic acids is 1. The fourth-order valence-electron chi connectivity index (χ4n) is 3.04. The van der Waals surface area contributed by atoms with Crippen molar-refractivity contribution >= 4 is 22.5 Å². The number of hydrogen-bond acceptors (Lipinski definition) is 3. The predicted octanol–water partition coefficient (Wildman–Crippen LogP) is 2.55. The van der Waals surface area contributed by atoms with Crippen molar-refractivity contribution in [3.8, 4) is 0 Å². The zero-order chi connectivity index (χ0) is 17.1. The average Bonchev–Trinajstić information content (AvgIpc) is 2.60. The van der Waals surface area contributed by atoms with Crippen LogP contribution >= 0.6 is 0 Å². The number of fused-ring (bicyclic) bond motifs is 1. The molecule has 126 valence electrons. The maximum absolute atomic E-state index is 12.7. The van der Waals surface area contributed by atoms with E-state index in [1.54, 1.807) is 35.4 Å². The lowest BCUT2D eigenvalue weighted by Crippen LogP contribution is -2.43. The van der Waals surface area contributed by atoms with Gasteiger partial charge in [0, 0.05) is 34.2 Å². The van der Waals surface area contributed by atoms with Gasteiger partial charge in [-0.05, 0) is 35.7 Å². The monoisotopic (exact) mass is 344 g/mol. The molecule has 0 radical (unpaired) electrons. The number of nitrogens with zero attached hydrogens (tertiary/aromatic N) is 1. The molecule has 6 heteroatoms. The smallest absolute Gasteiger partial charge is 0.322 e. The molecule has 1 aliphatic heterocycles. The maximum Gasteiger partial charge on any atom is 0.322 e. The van der Waals surface area contributed by atoms with E-state index in [1.807, 2.05) is 24.3 Å². The largest absolute Gasteiger partial charge is 0.394 e. The summed E-state index contributed by atoms with van der Waals surface area (Å²) in [6, 6.07) is 14.3. The van der Waals surface area contributed by atoms with Gasteiger partial charge >= 0.3 is 6.03 Å². The van der Waals surface area contributed by atoms with Gasteiger partial charge in [0.25, 0.3) is 0 Å². The van der Waals surface area contributed by atoms with E-state index in [2.05, 4.69) is 5.32 Å². The van der Waals surface area contributed by atoms with Crippen LogP contribution in [0.1, 0.15) is 17.2 Å². The average molecular weight is 344 g/mol. The van der Waals surface area contributed by atoms with Crippen LogP contribution in [0.2, 0.25) is 0 Å². The van der Waals surface area contributed by atoms with Gasteiger partial charge in [-0.15, -0.1) is 0 Å². The Morgan fingerprint density at radius 2 is 2.08 bits per heavy atom. The maximum atomic E-state index is 12.7. The van der Waals surface area contributed by atoms with Gasteiger partial charge in [0.2, 0.25) is 0 Å². The van der Waals surface area contributed by atoms with E-state index in [9.17, 15) is 14.1 Å². The number of hydrogen-bond donors (Lipinski definition) is 2. The summed E-state index contributed by atoms with van der Waals surface area (Å²) in [5, 5.41) is 12.6. The van der Waals surface area contributed by atoms with Gasteiger partial charge in [0.15, 0.2) is 0 Å². The van der Waals surface area contributed by atoms with Gasteiger partial charge in [-0.3, -0.25) is 4.21 Å². The Bertz CT molecular complexity index is 778. The van der Waals surface area contributed by atoms with Crippen molar-refractivity contribution in [2.24, 2.45) is 0 Å². The fraction of sp³-hybridized carbons (Fsp3) is 0.278. The van der Waals surface area contributed by atoms with E-state index in [1.165, 1.54) is 5.56 Å². The molecule has 0 bridgehead atoms. The fourth-order valence-corrected chi connectivity index (χ4v) is 3.60. The third-order valence-electron chi connectivity index (χ3n) is 4.26. The zero-order valence-electron chi connectivity index (χ0n) is 13.4. The van der Waals surface area contributed by atoms with Gasteiger partial charge < -0.3 is 15.3 Å². The van der Waals surface area contributed by atoms with Crippen molar-refractivity contribution in [3.05, 3.63) is 59.7 Å². The minimum atomic E-state index is -1.10. The molecule has 5 nitrogen and oxygen atoms in total. The number of urea groups is 1. The number of rotatable bonds is 3. The van der Waals surface area contributed by atoms with E-state index in [0.29, 0.717) is 17.1 Å². The standard InChI is InChI=1S/C18H20N2O3S/c1-24(23)15-7-4-6-14(11-15)19-18(22)20-10-9-13-5-2-3-8-16(13)17(20)12-21/h2-8,11,17,21H,9-10,12H2,1H3,(H,19,22)/t17-,24-/m1/s1. The molecule has 2 aromatic carbocycles. The van der Waals surface area contributed by atoms with Crippen LogP contribution in [0.15, 0.2) is 53.4 Å².